The van der Waals surface area contributed by atoms with E-state index in [1.54, 1.807) is 104 Å². The minimum absolute atomic E-state index is 0.0352. The van der Waals surface area contributed by atoms with Gasteiger partial charge in [0.2, 0.25) is 5.95 Å². The summed E-state index contributed by atoms with van der Waals surface area (Å²) in [6.45, 7) is 23.8. The summed E-state index contributed by atoms with van der Waals surface area (Å²) < 4.78 is 43.9. The fraction of sp³-hybridized carbons (Fsp3) is 0.703. The van der Waals surface area contributed by atoms with Gasteiger partial charge in [0.05, 0.1) is 6.04 Å². The summed E-state index contributed by atoms with van der Waals surface area (Å²) in [5.41, 5.74) is -5.08. The second kappa shape index (κ2) is 17.4. The molecule has 1 fully saturated rings. The van der Waals surface area contributed by atoms with E-state index in [2.05, 4.69) is 21.2 Å². The van der Waals surface area contributed by atoms with E-state index < -0.39 is 88.8 Å². The van der Waals surface area contributed by atoms with Gasteiger partial charge < -0.3 is 43.2 Å². The Labute approximate surface area is 327 Å². The normalized spacial score (nSPS) is 18.9. The second-order valence-corrected chi connectivity index (χ2v) is 18.0. The highest BCUT2D eigenvalue weighted by Crippen LogP contribution is 2.37. The number of rotatable bonds is 7. The number of carbonyl (C=O) groups is 5. The van der Waals surface area contributed by atoms with Crippen molar-refractivity contribution in [1.82, 2.24) is 9.97 Å². The molecule has 4 atom stereocenters. The number of halogens is 1. The topological polar surface area (TPSA) is 200 Å². The van der Waals surface area contributed by atoms with Gasteiger partial charge in [0.1, 0.15) is 46.0 Å². The van der Waals surface area contributed by atoms with Crippen molar-refractivity contribution in [3.05, 3.63) is 10.7 Å². The van der Waals surface area contributed by atoms with E-state index in [1.807, 2.05) is 0 Å². The number of hydrogen-bond acceptors (Lipinski definition) is 16. The molecular formula is C37H55ClN4O13. The van der Waals surface area contributed by atoms with Crippen LogP contribution in [-0.2, 0) is 37.9 Å². The molecule has 1 aliphatic rings. The summed E-state index contributed by atoms with van der Waals surface area (Å²) in [5.74, 6) is 0.723. The van der Waals surface area contributed by atoms with Crippen LogP contribution in [0, 0.1) is 18.3 Å². The Bertz CT molecular complexity index is 1600. The third-order valence-electron chi connectivity index (χ3n) is 6.46. The Morgan fingerprint density at radius 3 is 1.53 bits per heavy atom. The number of hydrogen-bond donors (Lipinski definition) is 1. The number of imide groups is 1. The summed E-state index contributed by atoms with van der Waals surface area (Å²) in [4.78, 5) is 74.6. The van der Waals surface area contributed by atoms with Crippen LogP contribution in [0.1, 0.15) is 116 Å². The number of anilines is 2. The fourth-order valence-corrected chi connectivity index (χ4v) is 4.94. The van der Waals surface area contributed by atoms with Crippen LogP contribution < -0.4 is 10.2 Å². The first kappa shape index (κ1) is 46.4. The van der Waals surface area contributed by atoms with Crippen LogP contribution in [0.3, 0.4) is 0 Å². The Morgan fingerprint density at radius 1 is 0.691 bits per heavy atom. The summed E-state index contributed by atoms with van der Waals surface area (Å²) in [6.07, 6.45) is -2.54. The summed E-state index contributed by atoms with van der Waals surface area (Å²) in [5, 5.41) is 2.69. The molecule has 2 amide bonds. The van der Waals surface area contributed by atoms with E-state index in [0.29, 0.717) is 4.90 Å². The van der Waals surface area contributed by atoms with Crippen LogP contribution in [0.15, 0.2) is 0 Å². The van der Waals surface area contributed by atoms with Crippen LogP contribution in [0.25, 0.3) is 0 Å². The first-order valence-electron chi connectivity index (χ1n) is 17.5. The number of nitrogens with one attached hydrogen (secondary N) is 1. The van der Waals surface area contributed by atoms with Gasteiger partial charge in [0, 0.05) is 5.92 Å². The molecule has 0 aliphatic heterocycles. The predicted octanol–water partition coefficient (Wildman–Crippen LogP) is 8.18. The summed E-state index contributed by atoms with van der Waals surface area (Å²) >= 11 is 6.53. The zero-order valence-corrected chi connectivity index (χ0v) is 35.1. The number of amides is 2. The quantitative estimate of drug-likeness (QED) is 0.120. The molecule has 1 saturated carbocycles. The van der Waals surface area contributed by atoms with Gasteiger partial charge in [-0.1, -0.05) is 17.5 Å². The van der Waals surface area contributed by atoms with Gasteiger partial charge in [-0.25, -0.2) is 24.0 Å². The minimum Gasteiger partial charge on any atom is -0.443 e. The molecule has 1 aliphatic carbocycles. The molecule has 1 N–H and O–H groups in total. The molecule has 0 spiro atoms. The fourth-order valence-electron chi connectivity index (χ4n) is 4.72. The number of aromatic nitrogens is 2. The first-order chi connectivity index (χ1) is 24.8. The molecule has 0 bridgehead atoms. The monoisotopic (exact) mass is 798 g/mol. The molecule has 308 valence electrons. The highest BCUT2D eigenvalue weighted by molar-refractivity contribution is 6.31. The van der Waals surface area contributed by atoms with Gasteiger partial charge in [0.25, 0.3) is 0 Å². The van der Waals surface area contributed by atoms with E-state index >= 15 is 0 Å². The van der Waals surface area contributed by atoms with E-state index in [0.717, 1.165) is 0 Å². The third-order valence-corrected chi connectivity index (χ3v) is 6.74. The minimum atomic E-state index is -1.38. The molecule has 18 heteroatoms. The maximum absolute atomic E-state index is 13.4. The maximum atomic E-state index is 13.4. The van der Waals surface area contributed by atoms with Gasteiger partial charge in [-0.3, -0.25) is 0 Å². The molecule has 55 heavy (non-hydrogen) atoms. The lowest BCUT2D eigenvalue weighted by molar-refractivity contribution is -0.0907. The molecule has 0 unspecified atom stereocenters. The van der Waals surface area contributed by atoms with Crippen LogP contribution in [0.2, 0.25) is 5.15 Å². The number of ether oxygens (including phenoxy) is 8. The van der Waals surface area contributed by atoms with Gasteiger partial charge >= 0.3 is 30.7 Å². The lowest BCUT2D eigenvalue weighted by Crippen LogP contribution is -2.45. The van der Waals surface area contributed by atoms with Crippen molar-refractivity contribution in [2.24, 2.45) is 5.92 Å². The van der Waals surface area contributed by atoms with Crippen LogP contribution in [0.5, 0.6) is 0 Å². The van der Waals surface area contributed by atoms with Gasteiger partial charge in [-0.2, -0.15) is 9.97 Å². The van der Waals surface area contributed by atoms with E-state index in [4.69, 9.17) is 55.9 Å². The molecule has 1 aromatic heterocycles. The Hall–Kier alpha value is -4.72. The van der Waals surface area contributed by atoms with Crippen LogP contribution in [0.4, 0.5) is 35.7 Å². The number of terminal acetylenes is 1. The van der Waals surface area contributed by atoms with Crippen molar-refractivity contribution < 1.29 is 61.9 Å². The van der Waals surface area contributed by atoms with Crippen molar-refractivity contribution in [1.29, 1.82) is 0 Å². The van der Waals surface area contributed by atoms with Crippen LogP contribution in [-0.4, -0.2) is 93.5 Å². The average Bonchev–Trinajstić information content (AvgIpc) is 3.21. The molecule has 1 aromatic rings. The lowest BCUT2D eigenvalue weighted by Gasteiger charge is -2.30. The van der Waals surface area contributed by atoms with Crippen molar-refractivity contribution in [2.45, 2.75) is 157 Å². The van der Waals surface area contributed by atoms with Crippen molar-refractivity contribution >= 4 is 54.0 Å². The van der Waals surface area contributed by atoms with Gasteiger partial charge in [0.15, 0.2) is 17.4 Å². The molecule has 1 heterocycles. The third kappa shape index (κ3) is 15.9. The lowest BCUT2D eigenvalue weighted by atomic mass is 10.1. The molecule has 0 aromatic carbocycles. The first-order valence-corrected chi connectivity index (χ1v) is 17.9. The molecule has 17 nitrogen and oxygen atoms in total. The average molecular weight is 799 g/mol. The summed E-state index contributed by atoms with van der Waals surface area (Å²) in [7, 11) is 0. The Kier molecular flexibility index (Phi) is 14.7. The largest absolute Gasteiger partial charge is 0.509 e. The second-order valence-electron chi connectivity index (χ2n) is 17.6. The van der Waals surface area contributed by atoms with Gasteiger partial charge in [-0.05, 0) is 110 Å². The molecule has 0 saturated heterocycles. The van der Waals surface area contributed by atoms with Crippen molar-refractivity contribution in [3.8, 4) is 12.3 Å². The van der Waals surface area contributed by atoms with Crippen molar-refractivity contribution in [2.75, 3.05) is 16.8 Å². The van der Waals surface area contributed by atoms with Gasteiger partial charge in [-0.15, -0.1) is 11.3 Å². The molecule has 0 radical (unpaired) electrons. The van der Waals surface area contributed by atoms with Crippen molar-refractivity contribution in [3.63, 3.8) is 0 Å². The Balaban J connectivity index is 2.75. The highest BCUT2D eigenvalue weighted by Gasteiger charge is 2.51. The summed E-state index contributed by atoms with van der Waals surface area (Å²) in [6, 6.07) is -1.05. The SMILES string of the molecule is C#Cc1c(Cl)nc(N(C(=O)OC(C)(C)C)C(=O)OC(C)(C)C)nc1N[C@@H]1C[C@H](COC(=O)OC(C)(C)C)[C@@H](OC(=O)OC(C)(C)C)[C@H]1OC(=O)OC(C)(C)C. The molecule has 2 rings (SSSR count). The predicted molar refractivity (Wildman–Crippen MR) is 200 cm³/mol. The maximum Gasteiger partial charge on any atom is 0.509 e. The van der Waals surface area contributed by atoms with Crippen LogP contribution >= 0.6 is 11.6 Å². The highest BCUT2D eigenvalue weighted by atomic mass is 35.5. The molecular weight excluding hydrogens is 744 g/mol. The zero-order valence-electron chi connectivity index (χ0n) is 34.3. The van der Waals surface area contributed by atoms with E-state index in [1.165, 1.54) is 0 Å². The zero-order chi connectivity index (χ0) is 42.5. The number of carbonyl (C=O) groups excluding carboxylic acids is 5. The number of nitrogens with zero attached hydrogens (tertiary/aromatic N) is 3. The van der Waals surface area contributed by atoms with E-state index in [9.17, 15) is 24.0 Å². The Morgan fingerprint density at radius 2 is 1.11 bits per heavy atom. The van der Waals surface area contributed by atoms with E-state index in [-0.39, 0.29) is 29.6 Å². The smallest absolute Gasteiger partial charge is 0.443 e. The standard InChI is InChI=1S/C37H55ClN4O13/c1-17-21-25(38)40-27(42(28(43)51-33(2,3)4)29(44)52-34(5,6)7)41-26(21)39-22-18-20(19-48-30(45)53-35(8,9)10)23(49-31(46)54-36(11,12)13)24(22)50-32(47)55-37(14,15)16/h1,20,22-24H,18-19H2,2-16H3,(H,39,40,41)/t20-,22-,23-,24+/m1/s1.